The maximum atomic E-state index is 12.8. The van der Waals surface area contributed by atoms with Crippen LogP contribution in [0.15, 0.2) is 24.3 Å². The Bertz CT molecular complexity index is 1230. The second-order valence-electron chi connectivity index (χ2n) is 9.17. The second-order valence-corrected chi connectivity index (χ2v) is 11.4. The number of hydrogen-bond acceptors (Lipinski definition) is 5. The summed E-state index contributed by atoms with van der Waals surface area (Å²) in [5, 5.41) is 3.19. The van der Waals surface area contributed by atoms with Crippen LogP contribution in [0.2, 0.25) is 0 Å². The fourth-order valence-corrected chi connectivity index (χ4v) is 7.71. The highest BCUT2D eigenvalue weighted by molar-refractivity contribution is 8.15. The van der Waals surface area contributed by atoms with Crippen LogP contribution in [-0.4, -0.2) is 21.4 Å². The van der Waals surface area contributed by atoms with Gasteiger partial charge in [-0.25, -0.2) is 4.98 Å². The largest absolute Gasteiger partial charge is 0.286 e. The molecule has 2 aromatic heterocycles. The van der Waals surface area contributed by atoms with Gasteiger partial charge in [0.15, 0.2) is 0 Å². The summed E-state index contributed by atoms with van der Waals surface area (Å²) in [6.07, 6.45) is 7.28. The summed E-state index contributed by atoms with van der Waals surface area (Å²) >= 11 is 3.01. The monoisotopic (exact) mass is 478 g/mol. The van der Waals surface area contributed by atoms with Crippen molar-refractivity contribution < 1.29 is 9.59 Å². The molecule has 6 heteroatoms. The Morgan fingerprint density at radius 2 is 1.88 bits per heavy atom. The van der Waals surface area contributed by atoms with E-state index in [1.807, 2.05) is 11.3 Å². The summed E-state index contributed by atoms with van der Waals surface area (Å²) in [6, 6.07) is 8.78. The van der Waals surface area contributed by atoms with Gasteiger partial charge in [-0.05, 0) is 67.7 Å². The minimum absolute atomic E-state index is 0.0475. The van der Waals surface area contributed by atoms with Crippen molar-refractivity contribution >= 4 is 44.5 Å². The van der Waals surface area contributed by atoms with Crippen molar-refractivity contribution in [2.75, 3.05) is 0 Å². The Balaban J connectivity index is 1.84. The van der Waals surface area contributed by atoms with E-state index in [1.165, 1.54) is 50.9 Å². The summed E-state index contributed by atoms with van der Waals surface area (Å²) in [5.41, 5.74) is 7.40. The predicted octanol–water partition coefficient (Wildman–Crippen LogP) is 6.95. The summed E-state index contributed by atoms with van der Waals surface area (Å²) in [6.45, 7) is 6.42. The molecule has 1 aliphatic carbocycles. The highest BCUT2D eigenvalue weighted by Gasteiger charge is 2.41. The van der Waals surface area contributed by atoms with Gasteiger partial charge in [0.1, 0.15) is 10.1 Å². The molecule has 4 nitrogen and oxygen atoms in total. The molecule has 2 atom stereocenters. The topological polar surface area (TPSA) is 59.1 Å². The van der Waals surface area contributed by atoms with Crippen molar-refractivity contribution in [1.29, 1.82) is 0 Å². The first kappa shape index (κ1) is 22.6. The molecule has 2 amide bonds. The average Bonchev–Trinajstić information content (AvgIpc) is 3.35. The highest BCUT2D eigenvalue weighted by Crippen LogP contribution is 2.48. The molecule has 1 aliphatic heterocycles. The van der Waals surface area contributed by atoms with E-state index in [0.717, 1.165) is 54.4 Å². The van der Waals surface area contributed by atoms with Crippen LogP contribution in [0.1, 0.15) is 72.7 Å². The maximum absolute atomic E-state index is 12.8. The number of thiophene rings is 1. The van der Waals surface area contributed by atoms with Gasteiger partial charge in [-0.2, -0.15) is 0 Å². The van der Waals surface area contributed by atoms with E-state index in [2.05, 4.69) is 50.4 Å². The van der Waals surface area contributed by atoms with Crippen molar-refractivity contribution in [2.45, 2.75) is 76.9 Å². The van der Waals surface area contributed by atoms with Crippen LogP contribution in [0.3, 0.4) is 0 Å². The molecule has 1 fully saturated rings. The number of carbonyl (C=O) groups is 2. The molecule has 2 aliphatic rings. The van der Waals surface area contributed by atoms with Gasteiger partial charge in [0.2, 0.25) is 5.91 Å². The minimum atomic E-state index is -0.402. The SMILES string of the molecule is CCCC(c1c(CC)nc2sc3c(c2c1-c1ccc(C)cc1)CCCC3)C1SC(=O)NC1=O. The molecular formula is C27H30N2O2S2. The summed E-state index contributed by atoms with van der Waals surface area (Å²) in [7, 11) is 0. The highest BCUT2D eigenvalue weighted by atomic mass is 32.2. The van der Waals surface area contributed by atoms with E-state index in [0.29, 0.717) is 0 Å². The minimum Gasteiger partial charge on any atom is -0.286 e. The van der Waals surface area contributed by atoms with Crippen LogP contribution < -0.4 is 5.32 Å². The lowest BCUT2D eigenvalue weighted by Crippen LogP contribution is -2.29. The van der Waals surface area contributed by atoms with Gasteiger partial charge >= 0.3 is 0 Å². The molecule has 172 valence electrons. The number of aromatic nitrogens is 1. The lowest BCUT2D eigenvalue weighted by molar-refractivity contribution is -0.119. The fourth-order valence-electron chi connectivity index (χ4n) is 5.43. The molecule has 1 saturated heterocycles. The Morgan fingerprint density at radius 1 is 1.12 bits per heavy atom. The van der Waals surface area contributed by atoms with Crippen LogP contribution in [0.25, 0.3) is 21.3 Å². The number of benzene rings is 1. The van der Waals surface area contributed by atoms with Crippen molar-refractivity contribution in [3.63, 3.8) is 0 Å². The van der Waals surface area contributed by atoms with Crippen molar-refractivity contribution in [1.82, 2.24) is 10.3 Å². The van der Waals surface area contributed by atoms with Gasteiger partial charge in [-0.3, -0.25) is 14.9 Å². The molecule has 33 heavy (non-hydrogen) atoms. The molecule has 1 aromatic carbocycles. The molecule has 1 N–H and O–H groups in total. The first-order valence-corrected chi connectivity index (χ1v) is 13.8. The standard InChI is InChI=1S/C27H30N2O2S2/c1-4-8-18(24-25(30)29-27(31)33-24)22-19(5-2)28-26-23(17-9-6-7-10-20(17)32-26)21(22)16-13-11-15(3)12-14-16/h11-14,18,24H,4-10H2,1-3H3,(H,29,30,31). The maximum Gasteiger partial charge on any atom is 0.286 e. The molecule has 3 aromatic rings. The zero-order valence-electron chi connectivity index (χ0n) is 19.5. The first-order valence-electron chi connectivity index (χ1n) is 12.1. The van der Waals surface area contributed by atoms with Crippen LogP contribution in [0.5, 0.6) is 0 Å². The lowest BCUT2D eigenvalue weighted by atomic mass is 9.81. The molecule has 0 bridgehead atoms. The summed E-state index contributed by atoms with van der Waals surface area (Å²) in [5.74, 6) is -0.207. The Morgan fingerprint density at radius 3 is 2.55 bits per heavy atom. The molecule has 3 heterocycles. The molecule has 5 rings (SSSR count). The molecule has 0 saturated carbocycles. The number of pyridine rings is 1. The number of nitrogens with one attached hydrogen (secondary N) is 1. The number of aryl methyl sites for hydroxylation is 4. The molecule has 2 unspecified atom stereocenters. The number of fused-ring (bicyclic) bond motifs is 3. The van der Waals surface area contributed by atoms with Gasteiger partial charge in [0, 0.05) is 21.9 Å². The normalized spacial score (nSPS) is 19.1. The van der Waals surface area contributed by atoms with Gasteiger partial charge in [-0.1, -0.05) is 61.9 Å². The van der Waals surface area contributed by atoms with E-state index in [-0.39, 0.29) is 17.1 Å². The van der Waals surface area contributed by atoms with Crippen molar-refractivity contribution in [3.8, 4) is 11.1 Å². The number of thioether (sulfide) groups is 1. The van der Waals surface area contributed by atoms with Gasteiger partial charge in [0.25, 0.3) is 5.24 Å². The predicted molar refractivity (Wildman–Crippen MR) is 138 cm³/mol. The van der Waals surface area contributed by atoms with Crippen molar-refractivity contribution in [2.24, 2.45) is 0 Å². The first-order chi connectivity index (χ1) is 16.0. The Hall–Kier alpha value is -2.18. The zero-order valence-corrected chi connectivity index (χ0v) is 21.1. The van der Waals surface area contributed by atoms with Crippen molar-refractivity contribution in [3.05, 3.63) is 51.5 Å². The number of rotatable bonds is 6. The zero-order chi connectivity index (χ0) is 23.1. The Kier molecular flexibility index (Phi) is 6.32. The van der Waals surface area contributed by atoms with E-state index in [4.69, 9.17) is 4.98 Å². The number of hydrogen-bond donors (Lipinski definition) is 1. The van der Waals surface area contributed by atoms with E-state index >= 15 is 0 Å². The van der Waals surface area contributed by atoms with Gasteiger partial charge in [0.05, 0.1) is 0 Å². The van der Waals surface area contributed by atoms with E-state index in [9.17, 15) is 9.59 Å². The van der Waals surface area contributed by atoms with Crippen LogP contribution >= 0.6 is 23.1 Å². The third-order valence-electron chi connectivity index (χ3n) is 6.95. The summed E-state index contributed by atoms with van der Waals surface area (Å²) in [4.78, 5) is 32.8. The Labute approximate surface area is 203 Å². The quantitative estimate of drug-likeness (QED) is 0.416. The lowest BCUT2D eigenvalue weighted by Gasteiger charge is -2.27. The smallest absolute Gasteiger partial charge is 0.286 e. The third-order valence-corrected chi connectivity index (χ3v) is 9.25. The number of amides is 2. The molecule has 0 radical (unpaired) electrons. The van der Waals surface area contributed by atoms with Gasteiger partial charge in [-0.15, -0.1) is 11.3 Å². The number of nitrogens with zero attached hydrogens (tertiary/aromatic N) is 1. The molecular weight excluding hydrogens is 448 g/mol. The van der Waals surface area contributed by atoms with Crippen LogP contribution in [0.4, 0.5) is 4.79 Å². The van der Waals surface area contributed by atoms with E-state index in [1.54, 1.807) is 0 Å². The van der Waals surface area contributed by atoms with E-state index < -0.39 is 5.25 Å². The van der Waals surface area contributed by atoms with Crippen LogP contribution in [0, 0.1) is 6.92 Å². The number of imide groups is 1. The van der Waals surface area contributed by atoms with Gasteiger partial charge < -0.3 is 0 Å². The average molecular weight is 479 g/mol. The number of carbonyl (C=O) groups excluding carboxylic acids is 2. The third kappa shape index (κ3) is 4.01. The fraction of sp³-hybridized carbons (Fsp3) is 0.444. The van der Waals surface area contributed by atoms with Crippen LogP contribution in [-0.2, 0) is 24.1 Å². The summed E-state index contributed by atoms with van der Waals surface area (Å²) < 4.78 is 0. The second kappa shape index (κ2) is 9.22. The molecule has 0 spiro atoms.